The second-order valence-electron chi connectivity index (χ2n) is 5.09. The van der Waals surface area contributed by atoms with Crippen molar-refractivity contribution in [2.24, 2.45) is 0 Å². The topological polar surface area (TPSA) is 88.0 Å². The van der Waals surface area contributed by atoms with E-state index in [1.807, 2.05) is 30.4 Å². The SMILES string of the molecule is C[C@@H]([NH2+]CC(=O)NC(=O)NCc1ccco1)c1cccc(Cl)c1. The number of nitrogens with two attached hydrogens (primary N) is 1. The first kappa shape index (κ1) is 17.1. The van der Waals surface area contributed by atoms with E-state index < -0.39 is 6.03 Å². The molecule has 0 aliphatic carbocycles. The second-order valence-corrected chi connectivity index (χ2v) is 5.53. The number of rotatable bonds is 6. The molecular weight excluding hydrogens is 318 g/mol. The number of benzene rings is 1. The molecule has 0 aliphatic rings. The Hall–Kier alpha value is -2.31. The molecule has 2 aromatic rings. The van der Waals surface area contributed by atoms with Crippen LogP contribution in [-0.4, -0.2) is 18.5 Å². The number of hydrogen-bond acceptors (Lipinski definition) is 3. The molecule has 0 spiro atoms. The molecule has 0 fully saturated rings. The van der Waals surface area contributed by atoms with Crippen LogP contribution in [0.3, 0.4) is 0 Å². The largest absolute Gasteiger partial charge is 0.467 e. The number of urea groups is 1. The van der Waals surface area contributed by atoms with Gasteiger partial charge in [-0.1, -0.05) is 23.7 Å². The lowest BCUT2D eigenvalue weighted by molar-refractivity contribution is -0.682. The summed E-state index contributed by atoms with van der Waals surface area (Å²) in [6, 6.07) is 10.4. The molecule has 0 bridgehead atoms. The maximum absolute atomic E-state index is 11.8. The number of amides is 3. The van der Waals surface area contributed by atoms with E-state index >= 15 is 0 Å². The van der Waals surface area contributed by atoms with Crippen LogP contribution in [0.1, 0.15) is 24.3 Å². The first-order valence-corrected chi connectivity index (χ1v) is 7.61. The molecule has 6 nitrogen and oxygen atoms in total. The fraction of sp³-hybridized carbons (Fsp3) is 0.250. The van der Waals surface area contributed by atoms with Crippen LogP contribution in [0.4, 0.5) is 4.79 Å². The maximum atomic E-state index is 11.8. The molecular formula is C16H19ClN3O3+. The lowest BCUT2D eigenvalue weighted by Gasteiger charge is -2.11. The molecule has 0 saturated heterocycles. The summed E-state index contributed by atoms with van der Waals surface area (Å²) in [7, 11) is 0. The Bertz CT molecular complexity index is 658. The lowest BCUT2D eigenvalue weighted by atomic mass is 10.1. The van der Waals surface area contributed by atoms with Crippen LogP contribution >= 0.6 is 11.6 Å². The Labute approximate surface area is 139 Å². The number of furan rings is 1. The van der Waals surface area contributed by atoms with Crippen molar-refractivity contribution in [3.63, 3.8) is 0 Å². The van der Waals surface area contributed by atoms with Crippen molar-refractivity contribution in [1.29, 1.82) is 0 Å². The minimum atomic E-state index is -0.546. The van der Waals surface area contributed by atoms with Gasteiger partial charge in [0.2, 0.25) is 0 Å². The summed E-state index contributed by atoms with van der Waals surface area (Å²) < 4.78 is 5.08. The predicted molar refractivity (Wildman–Crippen MR) is 85.7 cm³/mol. The third-order valence-corrected chi connectivity index (χ3v) is 3.52. The second kappa shape index (κ2) is 8.36. The average Bonchev–Trinajstić information content (AvgIpc) is 3.04. The lowest BCUT2D eigenvalue weighted by Crippen LogP contribution is -2.87. The minimum Gasteiger partial charge on any atom is -0.467 e. The monoisotopic (exact) mass is 336 g/mol. The highest BCUT2D eigenvalue weighted by Gasteiger charge is 2.14. The molecule has 0 saturated carbocycles. The van der Waals surface area contributed by atoms with Crippen molar-refractivity contribution in [3.8, 4) is 0 Å². The van der Waals surface area contributed by atoms with Crippen LogP contribution < -0.4 is 16.0 Å². The quantitative estimate of drug-likeness (QED) is 0.748. The highest BCUT2D eigenvalue weighted by atomic mass is 35.5. The summed E-state index contributed by atoms with van der Waals surface area (Å²) in [5, 5.41) is 7.31. The first-order chi connectivity index (χ1) is 11.0. The zero-order valence-electron chi connectivity index (χ0n) is 12.7. The number of carbonyl (C=O) groups is 2. The molecule has 0 aliphatic heterocycles. The molecule has 0 radical (unpaired) electrons. The van der Waals surface area contributed by atoms with Gasteiger partial charge in [0.05, 0.1) is 12.8 Å². The van der Waals surface area contributed by atoms with Crippen molar-refractivity contribution in [2.75, 3.05) is 6.54 Å². The van der Waals surface area contributed by atoms with Gasteiger partial charge in [-0.05, 0) is 31.2 Å². The number of hydrogen-bond donors (Lipinski definition) is 3. The van der Waals surface area contributed by atoms with Crippen molar-refractivity contribution in [1.82, 2.24) is 10.6 Å². The summed E-state index contributed by atoms with van der Waals surface area (Å²) in [6.45, 7) is 2.34. The Balaban J connectivity index is 1.71. The normalized spacial score (nSPS) is 11.7. The van der Waals surface area contributed by atoms with Gasteiger partial charge >= 0.3 is 6.03 Å². The molecule has 1 aromatic heterocycles. The molecule has 4 N–H and O–H groups in total. The van der Waals surface area contributed by atoms with Gasteiger partial charge in [-0.25, -0.2) is 4.79 Å². The highest BCUT2D eigenvalue weighted by molar-refractivity contribution is 6.30. The van der Waals surface area contributed by atoms with Crippen LogP contribution in [0.25, 0.3) is 0 Å². The molecule has 7 heteroatoms. The standard InChI is InChI=1S/C16H18ClN3O3/c1-11(12-4-2-5-13(17)8-12)18-10-15(21)20-16(22)19-9-14-6-3-7-23-14/h2-8,11,18H,9-10H2,1H3,(H2,19,20,21,22)/p+1/t11-/m1/s1. The van der Waals surface area contributed by atoms with Crippen LogP contribution in [0.2, 0.25) is 5.02 Å². The number of halogens is 1. The molecule has 1 heterocycles. The molecule has 1 aromatic carbocycles. The summed E-state index contributed by atoms with van der Waals surface area (Å²) in [5.74, 6) is 0.254. The Morgan fingerprint density at radius 2 is 2.13 bits per heavy atom. The number of carbonyl (C=O) groups excluding carboxylic acids is 2. The fourth-order valence-corrected chi connectivity index (χ4v) is 2.21. The first-order valence-electron chi connectivity index (χ1n) is 7.23. The van der Waals surface area contributed by atoms with Crippen molar-refractivity contribution in [2.45, 2.75) is 19.5 Å². The summed E-state index contributed by atoms with van der Waals surface area (Å²) in [4.78, 5) is 23.4. The minimum absolute atomic E-state index is 0.0608. The summed E-state index contributed by atoms with van der Waals surface area (Å²) >= 11 is 5.94. The van der Waals surface area contributed by atoms with Crippen LogP contribution in [0, 0.1) is 0 Å². The molecule has 2 rings (SSSR count). The van der Waals surface area contributed by atoms with E-state index in [1.54, 1.807) is 18.2 Å². The van der Waals surface area contributed by atoms with Crippen LogP contribution in [0.15, 0.2) is 47.1 Å². The van der Waals surface area contributed by atoms with E-state index in [4.69, 9.17) is 16.0 Å². The predicted octanol–water partition coefficient (Wildman–Crippen LogP) is 1.58. The Kier molecular flexibility index (Phi) is 6.19. The van der Waals surface area contributed by atoms with Gasteiger partial charge in [0, 0.05) is 10.6 Å². The van der Waals surface area contributed by atoms with Gasteiger partial charge in [0.15, 0.2) is 6.54 Å². The fourth-order valence-electron chi connectivity index (χ4n) is 2.01. The van der Waals surface area contributed by atoms with Gasteiger partial charge in [-0.15, -0.1) is 0 Å². The summed E-state index contributed by atoms with van der Waals surface area (Å²) in [5.41, 5.74) is 1.02. The molecule has 23 heavy (non-hydrogen) atoms. The van der Waals surface area contributed by atoms with Crippen LogP contribution in [0.5, 0.6) is 0 Å². The third kappa shape index (κ3) is 5.77. The smallest absolute Gasteiger partial charge is 0.321 e. The van der Waals surface area contributed by atoms with E-state index in [2.05, 4.69) is 10.6 Å². The van der Waals surface area contributed by atoms with E-state index in [0.29, 0.717) is 10.8 Å². The Morgan fingerprint density at radius 3 is 2.83 bits per heavy atom. The summed E-state index contributed by atoms with van der Waals surface area (Å²) in [6.07, 6.45) is 1.52. The van der Waals surface area contributed by atoms with E-state index in [-0.39, 0.29) is 25.0 Å². The molecule has 3 amide bonds. The van der Waals surface area contributed by atoms with Crippen molar-refractivity contribution in [3.05, 3.63) is 59.0 Å². The molecule has 0 unspecified atom stereocenters. The number of imide groups is 1. The number of quaternary nitrogens is 1. The maximum Gasteiger partial charge on any atom is 0.321 e. The zero-order chi connectivity index (χ0) is 16.7. The van der Waals surface area contributed by atoms with Gasteiger partial charge in [-0.3, -0.25) is 10.1 Å². The van der Waals surface area contributed by atoms with Crippen LogP contribution in [-0.2, 0) is 11.3 Å². The van der Waals surface area contributed by atoms with Gasteiger partial charge in [0.1, 0.15) is 11.8 Å². The van der Waals surface area contributed by atoms with Gasteiger partial charge < -0.3 is 15.1 Å². The number of nitrogens with one attached hydrogen (secondary N) is 2. The van der Waals surface area contributed by atoms with Crippen molar-refractivity contribution < 1.29 is 19.3 Å². The van der Waals surface area contributed by atoms with Crippen molar-refractivity contribution >= 4 is 23.5 Å². The van der Waals surface area contributed by atoms with E-state index in [1.165, 1.54) is 6.26 Å². The van der Waals surface area contributed by atoms with E-state index in [9.17, 15) is 9.59 Å². The third-order valence-electron chi connectivity index (χ3n) is 3.29. The average molecular weight is 337 g/mol. The van der Waals surface area contributed by atoms with Gasteiger partial charge in [0.25, 0.3) is 5.91 Å². The zero-order valence-corrected chi connectivity index (χ0v) is 13.5. The Morgan fingerprint density at radius 1 is 1.30 bits per heavy atom. The highest BCUT2D eigenvalue weighted by Crippen LogP contribution is 2.14. The van der Waals surface area contributed by atoms with Gasteiger partial charge in [-0.2, -0.15) is 0 Å². The molecule has 1 atom stereocenters. The van der Waals surface area contributed by atoms with E-state index in [0.717, 1.165) is 5.56 Å². The molecule has 122 valence electrons.